The largest absolute Gasteiger partial charge is 0.367 e. The smallest absolute Gasteiger partial charge is 0.225 e. The number of anilines is 1. The predicted octanol–water partition coefficient (Wildman–Crippen LogP) is 3.95. The van der Waals surface area contributed by atoms with Gasteiger partial charge in [0.1, 0.15) is 0 Å². The number of amides is 2. The summed E-state index contributed by atoms with van der Waals surface area (Å²) < 4.78 is 0. The summed E-state index contributed by atoms with van der Waals surface area (Å²) >= 11 is 6.31. The summed E-state index contributed by atoms with van der Waals surface area (Å²) in [6.07, 6.45) is 4.01. The number of benzene rings is 2. The molecular formula is C23H24ClN3O2. The third-order valence-electron chi connectivity index (χ3n) is 5.66. The van der Waals surface area contributed by atoms with Crippen LogP contribution in [0, 0.1) is 0 Å². The van der Waals surface area contributed by atoms with E-state index in [0.29, 0.717) is 13.1 Å². The summed E-state index contributed by atoms with van der Waals surface area (Å²) in [5.74, 6) is 0.0160. The van der Waals surface area contributed by atoms with Gasteiger partial charge in [-0.2, -0.15) is 0 Å². The number of hydrogen-bond acceptors (Lipinski definition) is 3. The lowest BCUT2D eigenvalue weighted by Gasteiger charge is -2.38. The van der Waals surface area contributed by atoms with Gasteiger partial charge >= 0.3 is 0 Å². The molecular weight excluding hydrogens is 386 g/mol. The summed E-state index contributed by atoms with van der Waals surface area (Å²) in [5, 5.41) is 0.731. The molecule has 2 amide bonds. The average molecular weight is 410 g/mol. The van der Waals surface area contributed by atoms with Gasteiger partial charge < -0.3 is 14.7 Å². The average Bonchev–Trinajstić information content (AvgIpc) is 2.74. The van der Waals surface area contributed by atoms with Gasteiger partial charge in [-0.25, -0.2) is 0 Å². The first-order valence-electron chi connectivity index (χ1n) is 9.88. The van der Waals surface area contributed by atoms with Crippen LogP contribution in [0.15, 0.2) is 54.7 Å². The van der Waals surface area contributed by atoms with E-state index in [0.717, 1.165) is 34.9 Å². The van der Waals surface area contributed by atoms with Gasteiger partial charge in [0.05, 0.1) is 23.2 Å². The highest BCUT2D eigenvalue weighted by Crippen LogP contribution is 2.33. The van der Waals surface area contributed by atoms with Crippen molar-refractivity contribution in [3.8, 4) is 0 Å². The van der Waals surface area contributed by atoms with Gasteiger partial charge in [0.2, 0.25) is 11.8 Å². The number of rotatable bonds is 3. The van der Waals surface area contributed by atoms with Crippen molar-refractivity contribution in [2.24, 2.45) is 0 Å². The fraction of sp³-hybridized carbons (Fsp3) is 0.304. The first kappa shape index (κ1) is 19.5. The maximum Gasteiger partial charge on any atom is 0.225 e. The van der Waals surface area contributed by atoms with E-state index in [4.69, 9.17) is 11.6 Å². The van der Waals surface area contributed by atoms with Crippen molar-refractivity contribution in [2.75, 3.05) is 31.1 Å². The molecule has 2 aromatic rings. The second-order valence-electron chi connectivity index (χ2n) is 7.41. The minimum absolute atomic E-state index is 0.0582. The number of para-hydroxylation sites is 1. The molecule has 0 aliphatic carbocycles. The first-order valence-corrected chi connectivity index (χ1v) is 10.3. The highest BCUT2D eigenvalue weighted by atomic mass is 35.5. The van der Waals surface area contributed by atoms with Crippen molar-refractivity contribution in [1.29, 1.82) is 0 Å². The van der Waals surface area contributed by atoms with E-state index in [-0.39, 0.29) is 24.3 Å². The van der Waals surface area contributed by atoms with E-state index < -0.39 is 0 Å². The minimum atomic E-state index is -0.261. The molecule has 1 fully saturated rings. The normalized spacial score (nSPS) is 18.6. The molecule has 6 heteroatoms. The summed E-state index contributed by atoms with van der Waals surface area (Å²) in [5.41, 5.74) is 3.09. The molecule has 2 aromatic carbocycles. The Balaban J connectivity index is 1.45. The topological polar surface area (TPSA) is 43.9 Å². The number of carbonyl (C=O) groups is 2. The lowest BCUT2D eigenvalue weighted by molar-refractivity contribution is -0.134. The molecule has 0 saturated carbocycles. The van der Waals surface area contributed by atoms with Gasteiger partial charge in [-0.1, -0.05) is 48.0 Å². The van der Waals surface area contributed by atoms with Crippen LogP contribution in [0.5, 0.6) is 0 Å². The molecule has 2 aliphatic rings. The van der Waals surface area contributed by atoms with Gasteiger partial charge in [-0.3, -0.25) is 9.59 Å². The number of hydrogen-bond donors (Lipinski definition) is 0. The zero-order valence-electron chi connectivity index (χ0n) is 16.4. The van der Waals surface area contributed by atoms with E-state index in [1.165, 1.54) is 6.92 Å². The Hall–Kier alpha value is -2.79. The monoisotopic (exact) mass is 409 g/mol. The zero-order chi connectivity index (χ0) is 20.4. The van der Waals surface area contributed by atoms with Crippen LogP contribution in [0.3, 0.4) is 0 Å². The molecule has 5 nitrogen and oxygen atoms in total. The Kier molecular flexibility index (Phi) is 5.58. The van der Waals surface area contributed by atoms with Gasteiger partial charge in [0, 0.05) is 39.3 Å². The molecule has 150 valence electrons. The van der Waals surface area contributed by atoms with E-state index in [1.807, 2.05) is 59.5 Å². The second kappa shape index (κ2) is 8.29. The SMILES string of the molecule is CC(=O)N1C=Cc2ccccc2[C@H]1CC(=O)N1CCN(c2ccccc2Cl)CC1. The zero-order valence-corrected chi connectivity index (χ0v) is 17.2. The summed E-state index contributed by atoms with van der Waals surface area (Å²) in [7, 11) is 0. The van der Waals surface area contributed by atoms with Crippen molar-refractivity contribution in [3.63, 3.8) is 0 Å². The Morgan fingerprint density at radius 1 is 1.00 bits per heavy atom. The first-order chi connectivity index (χ1) is 14.0. The fourth-order valence-electron chi connectivity index (χ4n) is 4.11. The van der Waals surface area contributed by atoms with Gasteiger partial charge in [0.15, 0.2) is 0 Å². The molecule has 1 atom stereocenters. The minimum Gasteiger partial charge on any atom is -0.367 e. The number of carbonyl (C=O) groups excluding carboxylic acids is 2. The third-order valence-corrected chi connectivity index (χ3v) is 5.98. The molecule has 2 aliphatic heterocycles. The lowest BCUT2D eigenvalue weighted by Crippen LogP contribution is -2.49. The van der Waals surface area contributed by atoms with Crippen molar-refractivity contribution in [2.45, 2.75) is 19.4 Å². The predicted molar refractivity (Wildman–Crippen MR) is 116 cm³/mol. The van der Waals surface area contributed by atoms with Crippen LogP contribution < -0.4 is 4.90 Å². The molecule has 0 aromatic heterocycles. The van der Waals surface area contributed by atoms with E-state index in [1.54, 1.807) is 11.1 Å². The van der Waals surface area contributed by atoms with Crippen molar-refractivity contribution in [3.05, 3.63) is 70.9 Å². The van der Waals surface area contributed by atoms with Crippen molar-refractivity contribution in [1.82, 2.24) is 9.80 Å². The van der Waals surface area contributed by atoms with Crippen molar-refractivity contribution < 1.29 is 9.59 Å². The van der Waals surface area contributed by atoms with Crippen LogP contribution in [0.2, 0.25) is 5.02 Å². The Labute approximate surface area is 176 Å². The molecule has 0 N–H and O–H groups in total. The van der Waals surface area contributed by atoms with Gasteiger partial charge in [-0.05, 0) is 29.3 Å². The highest BCUT2D eigenvalue weighted by molar-refractivity contribution is 6.33. The summed E-state index contributed by atoms with van der Waals surface area (Å²) in [4.78, 5) is 31.0. The van der Waals surface area contributed by atoms with Crippen LogP contribution in [-0.2, 0) is 9.59 Å². The van der Waals surface area contributed by atoms with Crippen LogP contribution in [-0.4, -0.2) is 47.8 Å². The van der Waals surface area contributed by atoms with Crippen LogP contribution in [0.1, 0.15) is 30.5 Å². The van der Waals surface area contributed by atoms with Gasteiger partial charge in [-0.15, -0.1) is 0 Å². The third kappa shape index (κ3) is 4.01. The maximum absolute atomic E-state index is 13.1. The molecule has 0 spiro atoms. The maximum atomic E-state index is 13.1. The highest BCUT2D eigenvalue weighted by Gasteiger charge is 2.31. The molecule has 4 rings (SSSR count). The quantitative estimate of drug-likeness (QED) is 0.770. The Morgan fingerprint density at radius 3 is 2.41 bits per heavy atom. The van der Waals surface area contributed by atoms with Crippen LogP contribution in [0.4, 0.5) is 5.69 Å². The molecule has 0 radical (unpaired) electrons. The number of nitrogens with zero attached hydrogens (tertiary/aromatic N) is 3. The van der Waals surface area contributed by atoms with E-state index in [9.17, 15) is 9.59 Å². The summed E-state index contributed by atoms with van der Waals surface area (Å²) in [6, 6.07) is 15.5. The molecule has 0 unspecified atom stereocenters. The number of halogens is 1. The number of piperazine rings is 1. The molecule has 2 heterocycles. The standard InChI is InChI=1S/C23H24ClN3O2/c1-17(28)27-11-10-18-6-2-3-7-19(18)22(27)16-23(29)26-14-12-25(13-15-26)21-9-5-4-8-20(21)24/h2-11,22H,12-16H2,1H3/t22-/m1/s1. The number of fused-ring (bicyclic) bond motifs is 1. The van der Waals surface area contributed by atoms with Crippen LogP contribution >= 0.6 is 11.6 Å². The Bertz CT molecular complexity index is 951. The Morgan fingerprint density at radius 2 is 1.69 bits per heavy atom. The molecule has 0 bridgehead atoms. The van der Waals surface area contributed by atoms with E-state index in [2.05, 4.69) is 4.90 Å². The van der Waals surface area contributed by atoms with E-state index >= 15 is 0 Å². The van der Waals surface area contributed by atoms with Gasteiger partial charge in [0.25, 0.3) is 0 Å². The summed E-state index contributed by atoms with van der Waals surface area (Å²) in [6.45, 7) is 4.32. The van der Waals surface area contributed by atoms with Crippen LogP contribution in [0.25, 0.3) is 6.08 Å². The molecule has 1 saturated heterocycles. The fourth-order valence-corrected chi connectivity index (χ4v) is 4.37. The van der Waals surface area contributed by atoms with Crippen molar-refractivity contribution >= 4 is 35.2 Å². The molecule has 29 heavy (non-hydrogen) atoms. The lowest BCUT2D eigenvalue weighted by atomic mass is 9.93. The second-order valence-corrected chi connectivity index (χ2v) is 7.82.